The Bertz CT molecular complexity index is 717. The van der Waals surface area contributed by atoms with Crippen LogP contribution in [0.15, 0.2) is 35.4 Å². The number of amides is 1. The first-order valence-electron chi connectivity index (χ1n) is 7.97. The van der Waals surface area contributed by atoms with Crippen LogP contribution in [0.25, 0.3) is 10.9 Å². The Hall–Kier alpha value is -2.17. The van der Waals surface area contributed by atoms with E-state index in [2.05, 4.69) is 10.3 Å². The third-order valence-electron chi connectivity index (χ3n) is 4.28. The number of hydrogen-bond acceptors (Lipinski definition) is 3. The van der Waals surface area contributed by atoms with Gasteiger partial charge in [-0.1, -0.05) is 31.4 Å². The number of carbonyl (C=O) groups excluding carboxylic acids is 1. The molecule has 5 nitrogen and oxygen atoms in total. The van der Waals surface area contributed by atoms with E-state index in [1.165, 1.54) is 30.2 Å². The maximum atomic E-state index is 12.3. The summed E-state index contributed by atoms with van der Waals surface area (Å²) in [4.78, 5) is 28.6. The lowest BCUT2D eigenvalue weighted by molar-refractivity contribution is -0.122. The second kappa shape index (κ2) is 6.73. The number of benzene rings is 1. The molecular weight excluding hydrogens is 278 g/mol. The van der Waals surface area contributed by atoms with Gasteiger partial charge in [0.2, 0.25) is 5.91 Å². The van der Waals surface area contributed by atoms with E-state index in [1.54, 1.807) is 6.07 Å². The van der Waals surface area contributed by atoms with Crippen molar-refractivity contribution in [1.29, 1.82) is 0 Å². The smallest absolute Gasteiger partial charge is 0.261 e. The fraction of sp³-hybridized carbons (Fsp3) is 0.471. The minimum Gasteiger partial charge on any atom is -0.353 e. The van der Waals surface area contributed by atoms with Crippen molar-refractivity contribution < 1.29 is 4.79 Å². The Balaban J connectivity index is 1.62. The summed E-state index contributed by atoms with van der Waals surface area (Å²) < 4.78 is 1.52. The summed E-state index contributed by atoms with van der Waals surface area (Å²) in [6.07, 6.45) is 7.64. The number of fused-ring (bicyclic) bond motifs is 1. The highest BCUT2D eigenvalue weighted by Crippen LogP contribution is 2.17. The van der Waals surface area contributed by atoms with Gasteiger partial charge >= 0.3 is 0 Å². The van der Waals surface area contributed by atoms with Gasteiger partial charge in [-0.15, -0.1) is 0 Å². The van der Waals surface area contributed by atoms with E-state index in [1.807, 2.05) is 18.2 Å². The predicted octanol–water partition coefficient (Wildman–Crippen LogP) is 2.24. The van der Waals surface area contributed by atoms with E-state index < -0.39 is 0 Å². The van der Waals surface area contributed by atoms with Gasteiger partial charge in [0, 0.05) is 19.0 Å². The third kappa shape index (κ3) is 3.35. The monoisotopic (exact) mass is 299 g/mol. The Morgan fingerprint density at radius 1 is 1.23 bits per heavy atom. The van der Waals surface area contributed by atoms with Crippen LogP contribution in [0, 0.1) is 0 Å². The normalized spacial score (nSPS) is 15.8. The van der Waals surface area contributed by atoms with Gasteiger partial charge in [0.25, 0.3) is 5.56 Å². The Kier molecular flexibility index (Phi) is 4.51. The van der Waals surface area contributed by atoms with Crippen LogP contribution in [0.3, 0.4) is 0 Å². The van der Waals surface area contributed by atoms with Crippen LogP contribution in [0.2, 0.25) is 0 Å². The highest BCUT2D eigenvalue weighted by Gasteiger charge is 2.15. The van der Waals surface area contributed by atoms with E-state index >= 15 is 0 Å². The molecule has 0 atom stereocenters. The highest BCUT2D eigenvalue weighted by atomic mass is 16.2. The molecule has 1 fully saturated rings. The molecule has 1 aliphatic rings. The topological polar surface area (TPSA) is 64.0 Å². The van der Waals surface area contributed by atoms with Gasteiger partial charge < -0.3 is 5.32 Å². The number of carbonyl (C=O) groups is 1. The van der Waals surface area contributed by atoms with Crippen LogP contribution in [0.5, 0.6) is 0 Å². The zero-order chi connectivity index (χ0) is 15.4. The highest BCUT2D eigenvalue weighted by molar-refractivity contribution is 5.77. The van der Waals surface area contributed by atoms with Crippen molar-refractivity contribution in [2.24, 2.45) is 0 Å². The van der Waals surface area contributed by atoms with Crippen molar-refractivity contribution in [3.63, 3.8) is 0 Å². The van der Waals surface area contributed by atoms with Crippen LogP contribution < -0.4 is 10.9 Å². The molecular formula is C17H21N3O2. The largest absolute Gasteiger partial charge is 0.353 e. The molecule has 3 rings (SSSR count). The van der Waals surface area contributed by atoms with Gasteiger partial charge in [0.1, 0.15) is 0 Å². The van der Waals surface area contributed by atoms with Crippen LogP contribution in [0.1, 0.15) is 38.5 Å². The number of hydrogen-bond donors (Lipinski definition) is 1. The predicted molar refractivity (Wildman–Crippen MR) is 85.6 cm³/mol. The molecule has 1 aromatic heterocycles. The standard InChI is InChI=1S/C17H21N3O2/c21-16(19-13-6-2-1-3-7-13)10-11-20-12-18-15-9-5-4-8-14(15)17(20)22/h4-5,8-9,12-13H,1-3,6-7,10-11H2,(H,19,21). The molecule has 0 radical (unpaired) electrons. The zero-order valence-corrected chi connectivity index (χ0v) is 12.6. The Labute approximate surface area is 129 Å². The number of nitrogens with zero attached hydrogens (tertiary/aromatic N) is 2. The summed E-state index contributed by atoms with van der Waals surface area (Å²) in [5.41, 5.74) is 0.603. The molecule has 5 heteroatoms. The molecule has 0 saturated heterocycles. The lowest BCUT2D eigenvalue weighted by atomic mass is 9.95. The van der Waals surface area contributed by atoms with E-state index in [0.717, 1.165) is 12.8 Å². The third-order valence-corrected chi connectivity index (χ3v) is 4.28. The van der Waals surface area contributed by atoms with Crippen LogP contribution in [-0.2, 0) is 11.3 Å². The Morgan fingerprint density at radius 3 is 2.82 bits per heavy atom. The zero-order valence-electron chi connectivity index (χ0n) is 12.6. The molecule has 1 N–H and O–H groups in total. The van der Waals surface area contributed by atoms with Crippen molar-refractivity contribution >= 4 is 16.8 Å². The number of rotatable bonds is 4. The average molecular weight is 299 g/mol. The van der Waals surface area contributed by atoms with Crippen molar-refractivity contribution in [2.45, 2.75) is 51.1 Å². The fourth-order valence-electron chi connectivity index (χ4n) is 3.03. The molecule has 22 heavy (non-hydrogen) atoms. The lowest BCUT2D eigenvalue weighted by Crippen LogP contribution is -2.37. The van der Waals surface area contributed by atoms with E-state index in [9.17, 15) is 9.59 Å². The molecule has 1 aromatic carbocycles. The van der Waals surface area contributed by atoms with E-state index in [0.29, 0.717) is 29.9 Å². The fourth-order valence-corrected chi connectivity index (χ4v) is 3.03. The van der Waals surface area contributed by atoms with Crippen molar-refractivity contribution in [2.75, 3.05) is 0 Å². The van der Waals surface area contributed by atoms with Gasteiger partial charge in [-0.25, -0.2) is 4.98 Å². The van der Waals surface area contributed by atoms with Crippen LogP contribution >= 0.6 is 0 Å². The number of aryl methyl sites for hydroxylation is 1. The summed E-state index contributed by atoms with van der Waals surface area (Å²) in [6.45, 7) is 0.370. The number of aromatic nitrogens is 2. The van der Waals surface area contributed by atoms with Gasteiger partial charge in [-0.05, 0) is 25.0 Å². The van der Waals surface area contributed by atoms with Crippen LogP contribution in [0.4, 0.5) is 0 Å². The molecule has 0 unspecified atom stereocenters. The van der Waals surface area contributed by atoms with E-state index in [4.69, 9.17) is 0 Å². The second-order valence-electron chi connectivity index (χ2n) is 5.91. The summed E-state index contributed by atoms with van der Waals surface area (Å²) in [5.74, 6) is 0.0203. The van der Waals surface area contributed by atoms with Gasteiger partial charge in [-0.2, -0.15) is 0 Å². The summed E-state index contributed by atoms with van der Waals surface area (Å²) in [5, 5.41) is 3.67. The molecule has 0 bridgehead atoms. The van der Waals surface area contributed by atoms with Gasteiger partial charge in [0.05, 0.1) is 17.2 Å². The first-order valence-corrected chi connectivity index (χ1v) is 7.97. The molecule has 1 amide bonds. The van der Waals surface area contributed by atoms with Gasteiger partial charge in [0.15, 0.2) is 0 Å². The minimum absolute atomic E-state index is 0.0203. The molecule has 0 spiro atoms. The first kappa shape index (κ1) is 14.8. The summed E-state index contributed by atoms with van der Waals surface area (Å²) >= 11 is 0. The second-order valence-corrected chi connectivity index (χ2v) is 5.91. The van der Waals surface area contributed by atoms with Crippen molar-refractivity contribution in [3.05, 3.63) is 40.9 Å². The summed E-state index contributed by atoms with van der Waals surface area (Å²) in [6, 6.07) is 7.58. The quantitative estimate of drug-likeness (QED) is 0.941. The van der Waals surface area contributed by atoms with E-state index in [-0.39, 0.29) is 11.5 Å². The maximum absolute atomic E-state index is 12.3. The summed E-state index contributed by atoms with van der Waals surface area (Å²) in [7, 11) is 0. The number of para-hydroxylation sites is 1. The molecule has 1 saturated carbocycles. The Morgan fingerprint density at radius 2 is 2.00 bits per heavy atom. The average Bonchev–Trinajstić information content (AvgIpc) is 2.55. The SMILES string of the molecule is O=C(CCn1cnc2ccccc2c1=O)NC1CCCCC1. The lowest BCUT2D eigenvalue weighted by Gasteiger charge is -2.22. The molecule has 116 valence electrons. The van der Waals surface area contributed by atoms with Crippen LogP contribution in [-0.4, -0.2) is 21.5 Å². The molecule has 1 heterocycles. The molecule has 2 aromatic rings. The molecule has 0 aliphatic heterocycles. The minimum atomic E-state index is -0.0870. The number of nitrogens with one attached hydrogen (secondary N) is 1. The molecule has 1 aliphatic carbocycles. The van der Waals surface area contributed by atoms with Crippen molar-refractivity contribution in [3.8, 4) is 0 Å². The first-order chi connectivity index (χ1) is 10.7. The van der Waals surface area contributed by atoms with Gasteiger partial charge in [-0.3, -0.25) is 14.2 Å². The maximum Gasteiger partial charge on any atom is 0.261 e. The van der Waals surface area contributed by atoms with Crippen molar-refractivity contribution in [1.82, 2.24) is 14.9 Å².